The highest BCUT2D eigenvalue weighted by Crippen LogP contribution is 2.14. The molecule has 1 rings (SSSR count). The molecular formula is C9H6NO5S. The molecule has 83 valence electrons. The second kappa shape index (κ2) is 5.14. The number of nitrogens with zero attached hydrogens (tertiary/aromatic N) is 1. The Labute approximate surface area is 92.1 Å². The second-order valence-electron chi connectivity index (χ2n) is 2.55. The molecule has 1 aromatic carbocycles. The highest BCUT2D eigenvalue weighted by molar-refractivity contribution is 7.87. The molecule has 0 aliphatic rings. The van der Waals surface area contributed by atoms with Gasteiger partial charge in [0.15, 0.2) is 0 Å². The minimum atomic E-state index is -4.33. The third-order valence-corrected chi connectivity index (χ3v) is 2.63. The average molecular weight is 240 g/mol. The minimum absolute atomic E-state index is 0.0252. The van der Waals surface area contributed by atoms with E-state index in [0.29, 0.717) is 0 Å². The predicted octanol–water partition coefficient (Wildman–Crippen LogP) is 0.329. The van der Waals surface area contributed by atoms with E-state index in [-0.39, 0.29) is 5.75 Å². The first-order chi connectivity index (χ1) is 7.60. The van der Waals surface area contributed by atoms with Crippen LogP contribution in [0, 0.1) is 11.3 Å². The molecule has 0 spiro atoms. The normalized spacial score (nSPS) is 12.2. The molecule has 0 saturated heterocycles. The van der Waals surface area contributed by atoms with Crippen LogP contribution in [-0.2, 0) is 19.6 Å². The van der Waals surface area contributed by atoms with E-state index >= 15 is 0 Å². The quantitative estimate of drug-likeness (QED) is 0.688. The van der Waals surface area contributed by atoms with Gasteiger partial charge in [-0.1, -0.05) is 18.2 Å². The molecule has 1 radical (unpaired) electrons. The van der Waals surface area contributed by atoms with E-state index in [9.17, 15) is 13.2 Å². The van der Waals surface area contributed by atoms with E-state index < -0.39 is 15.6 Å². The van der Waals surface area contributed by atoms with Crippen molar-refractivity contribution in [2.75, 3.05) is 0 Å². The lowest BCUT2D eigenvalue weighted by atomic mass is 10.3. The summed E-state index contributed by atoms with van der Waals surface area (Å²) in [5, 5.41) is 8.46. The maximum absolute atomic E-state index is 11.4. The fourth-order valence-corrected chi connectivity index (χ4v) is 1.60. The lowest BCUT2D eigenvalue weighted by Crippen LogP contribution is -2.27. The Morgan fingerprint density at radius 2 is 1.88 bits per heavy atom. The molecule has 1 aromatic rings. The van der Waals surface area contributed by atoms with Crippen LogP contribution in [0.2, 0.25) is 0 Å². The van der Waals surface area contributed by atoms with Crippen molar-refractivity contribution in [1.29, 1.82) is 5.26 Å². The van der Waals surface area contributed by atoms with Crippen molar-refractivity contribution in [3.63, 3.8) is 0 Å². The topological polar surface area (TPSA) is 93.5 Å². The Kier molecular flexibility index (Phi) is 3.85. The van der Waals surface area contributed by atoms with Gasteiger partial charge in [-0.25, -0.2) is 4.79 Å². The third-order valence-electron chi connectivity index (χ3n) is 1.48. The van der Waals surface area contributed by atoms with Gasteiger partial charge in [-0.2, -0.15) is 13.7 Å². The first-order valence-corrected chi connectivity index (χ1v) is 5.48. The molecule has 0 aliphatic carbocycles. The molecule has 0 fully saturated rings. The predicted molar refractivity (Wildman–Crippen MR) is 52.2 cm³/mol. The molecule has 16 heavy (non-hydrogen) atoms. The molecule has 1 unspecified atom stereocenters. The number of rotatable bonds is 5. The van der Waals surface area contributed by atoms with E-state index in [1.807, 2.05) is 0 Å². The van der Waals surface area contributed by atoms with Crippen LogP contribution in [0.5, 0.6) is 5.75 Å². The lowest BCUT2D eigenvalue weighted by Gasteiger charge is -2.09. The van der Waals surface area contributed by atoms with Crippen molar-refractivity contribution in [1.82, 2.24) is 0 Å². The van der Waals surface area contributed by atoms with Crippen molar-refractivity contribution in [2.45, 2.75) is 5.44 Å². The average Bonchev–Trinajstić information content (AvgIpc) is 2.26. The summed E-state index contributed by atoms with van der Waals surface area (Å²) in [6, 6.07) is 8.81. The standard InChI is InChI=1S/C9H6NO5S/c10-6-9(14-7-11)16(12,13)15-8-4-2-1-3-5-8/h1-5,9H. The Morgan fingerprint density at radius 3 is 2.38 bits per heavy atom. The van der Waals surface area contributed by atoms with Gasteiger partial charge in [-0.3, -0.25) is 0 Å². The molecule has 1 atom stereocenters. The van der Waals surface area contributed by atoms with Gasteiger partial charge in [0.2, 0.25) is 0 Å². The Hall–Kier alpha value is -2.07. The highest BCUT2D eigenvalue weighted by atomic mass is 32.2. The van der Waals surface area contributed by atoms with Gasteiger partial charge in [0, 0.05) is 0 Å². The van der Waals surface area contributed by atoms with Crippen molar-refractivity contribution >= 4 is 16.6 Å². The molecule has 0 saturated carbocycles. The summed E-state index contributed by atoms with van der Waals surface area (Å²) >= 11 is 0. The fourth-order valence-electron chi connectivity index (χ4n) is 0.847. The van der Waals surface area contributed by atoms with Crippen LogP contribution in [0.1, 0.15) is 0 Å². The van der Waals surface area contributed by atoms with Crippen molar-refractivity contribution in [3.05, 3.63) is 30.3 Å². The number of benzene rings is 1. The number of carbonyl (C=O) groups excluding carboxylic acids is 1. The van der Waals surface area contributed by atoms with Gasteiger partial charge in [-0.15, -0.1) is 0 Å². The maximum atomic E-state index is 11.4. The van der Waals surface area contributed by atoms with Crippen molar-refractivity contribution in [3.8, 4) is 11.8 Å². The number of para-hydroxylation sites is 1. The fraction of sp³-hybridized carbons (Fsp3) is 0.111. The van der Waals surface area contributed by atoms with Crippen LogP contribution in [0.15, 0.2) is 30.3 Å². The smallest absolute Gasteiger partial charge is 0.419 e. The van der Waals surface area contributed by atoms with Gasteiger partial charge in [0.25, 0.3) is 0 Å². The van der Waals surface area contributed by atoms with Gasteiger partial charge in [0.1, 0.15) is 11.8 Å². The highest BCUT2D eigenvalue weighted by Gasteiger charge is 2.29. The SMILES string of the molecule is N#CC(O[C]=O)S(=O)(=O)Oc1ccccc1. The largest absolute Gasteiger partial charge is 0.419 e. The Bertz CT molecular complexity index is 490. The van der Waals surface area contributed by atoms with Crippen LogP contribution in [-0.4, -0.2) is 20.3 Å². The number of ether oxygens (including phenoxy) is 1. The molecule has 0 amide bonds. The monoisotopic (exact) mass is 240 g/mol. The molecule has 7 heteroatoms. The van der Waals surface area contributed by atoms with Crippen LogP contribution in [0.25, 0.3) is 0 Å². The summed E-state index contributed by atoms with van der Waals surface area (Å²) in [6.07, 6.45) is 0. The molecule has 0 aromatic heterocycles. The molecule has 0 aliphatic heterocycles. The Morgan fingerprint density at radius 1 is 1.25 bits per heavy atom. The molecule has 0 bridgehead atoms. The first-order valence-electron chi connectivity index (χ1n) is 4.01. The zero-order chi connectivity index (χ0) is 12.0. The summed E-state index contributed by atoms with van der Waals surface area (Å²) in [5.74, 6) is 0.0252. The molecular weight excluding hydrogens is 234 g/mol. The van der Waals surface area contributed by atoms with Crippen molar-refractivity contribution < 1.29 is 22.1 Å². The summed E-state index contributed by atoms with van der Waals surface area (Å²) in [4.78, 5) is 9.85. The van der Waals surface area contributed by atoms with Gasteiger partial charge < -0.3 is 8.92 Å². The van der Waals surface area contributed by atoms with E-state index in [1.54, 1.807) is 18.2 Å². The summed E-state index contributed by atoms with van der Waals surface area (Å²) < 4.78 is 31.2. The van der Waals surface area contributed by atoms with E-state index in [4.69, 9.17) is 5.26 Å². The number of hydrogen-bond donors (Lipinski definition) is 0. The van der Waals surface area contributed by atoms with Gasteiger partial charge >= 0.3 is 22.0 Å². The zero-order valence-electron chi connectivity index (χ0n) is 7.86. The summed E-state index contributed by atoms with van der Waals surface area (Å²) in [7, 11) is -4.33. The third kappa shape index (κ3) is 2.96. The molecule has 0 N–H and O–H groups in total. The summed E-state index contributed by atoms with van der Waals surface area (Å²) in [5.41, 5.74) is -2.02. The first kappa shape index (κ1) is 12.0. The number of hydrogen-bond acceptors (Lipinski definition) is 6. The summed E-state index contributed by atoms with van der Waals surface area (Å²) in [6.45, 7) is 0.879. The van der Waals surface area contributed by atoms with Crippen molar-refractivity contribution in [2.24, 2.45) is 0 Å². The molecule has 6 nitrogen and oxygen atoms in total. The van der Waals surface area contributed by atoms with E-state index in [0.717, 1.165) is 6.47 Å². The minimum Gasteiger partial charge on any atom is -0.419 e. The van der Waals surface area contributed by atoms with Crippen LogP contribution < -0.4 is 4.18 Å². The van der Waals surface area contributed by atoms with Crippen LogP contribution >= 0.6 is 0 Å². The van der Waals surface area contributed by atoms with Crippen LogP contribution in [0.3, 0.4) is 0 Å². The van der Waals surface area contributed by atoms with Gasteiger partial charge in [0.05, 0.1) is 0 Å². The maximum Gasteiger partial charge on any atom is 0.419 e. The number of nitriles is 1. The van der Waals surface area contributed by atoms with Crippen LogP contribution in [0.4, 0.5) is 0 Å². The van der Waals surface area contributed by atoms with E-state index in [1.165, 1.54) is 18.2 Å². The zero-order valence-corrected chi connectivity index (χ0v) is 8.68. The second-order valence-corrected chi connectivity index (χ2v) is 4.13. The lowest BCUT2D eigenvalue weighted by molar-refractivity contribution is 0.270. The molecule has 0 heterocycles. The van der Waals surface area contributed by atoms with Gasteiger partial charge in [-0.05, 0) is 12.1 Å². The Balaban J connectivity index is 2.87. The van der Waals surface area contributed by atoms with E-state index in [2.05, 4.69) is 8.92 Å².